The highest BCUT2D eigenvalue weighted by Gasteiger charge is 2.16. The van der Waals surface area contributed by atoms with Gasteiger partial charge in [0.2, 0.25) is 5.91 Å². The van der Waals surface area contributed by atoms with E-state index in [-0.39, 0.29) is 22.4 Å². The van der Waals surface area contributed by atoms with Gasteiger partial charge in [0, 0.05) is 22.7 Å². The standard InChI is InChI=1S/C20H19ClFNO4/c1-12(2)9-19(25)23-15-6-3-13(4-7-15)18(24)11-27-20(26)16-10-14(21)5-8-17(16)22/h3-8,10,12H,9,11H2,1-2H3,(H,23,25). The van der Waals surface area contributed by atoms with Crippen LogP contribution in [-0.2, 0) is 9.53 Å². The zero-order valence-electron chi connectivity index (χ0n) is 14.9. The molecule has 2 aromatic carbocycles. The number of ether oxygens (including phenoxy) is 1. The van der Waals surface area contributed by atoms with Crippen molar-refractivity contribution in [3.05, 3.63) is 64.4 Å². The van der Waals surface area contributed by atoms with Gasteiger partial charge in [-0.15, -0.1) is 0 Å². The first-order valence-corrected chi connectivity index (χ1v) is 8.69. The number of rotatable bonds is 7. The number of amides is 1. The van der Waals surface area contributed by atoms with E-state index in [2.05, 4.69) is 5.32 Å². The zero-order valence-corrected chi connectivity index (χ0v) is 15.7. The van der Waals surface area contributed by atoms with Gasteiger partial charge >= 0.3 is 5.97 Å². The molecule has 0 unspecified atom stereocenters. The Balaban J connectivity index is 1.93. The van der Waals surface area contributed by atoms with E-state index in [4.69, 9.17) is 16.3 Å². The van der Waals surface area contributed by atoms with E-state index in [1.807, 2.05) is 13.8 Å². The minimum absolute atomic E-state index is 0.110. The molecule has 0 radical (unpaired) electrons. The largest absolute Gasteiger partial charge is 0.454 e. The summed E-state index contributed by atoms with van der Waals surface area (Å²) in [6.45, 7) is 3.35. The normalized spacial score (nSPS) is 10.6. The molecular weight excluding hydrogens is 373 g/mol. The molecule has 0 aliphatic heterocycles. The number of hydrogen-bond acceptors (Lipinski definition) is 4. The molecule has 5 nitrogen and oxygen atoms in total. The van der Waals surface area contributed by atoms with Crippen molar-refractivity contribution in [3.63, 3.8) is 0 Å². The predicted octanol–water partition coefficient (Wildman–Crippen LogP) is 4.50. The molecule has 0 saturated heterocycles. The second kappa shape index (κ2) is 9.28. The van der Waals surface area contributed by atoms with Crippen LogP contribution in [0.2, 0.25) is 5.02 Å². The van der Waals surface area contributed by atoms with Crippen LogP contribution in [0.25, 0.3) is 0 Å². The topological polar surface area (TPSA) is 72.5 Å². The summed E-state index contributed by atoms with van der Waals surface area (Å²) in [7, 11) is 0. The molecule has 0 aromatic heterocycles. The molecule has 1 N–H and O–H groups in total. The first-order valence-electron chi connectivity index (χ1n) is 8.31. The molecule has 0 saturated carbocycles. The van der Waals surface area contributed by atoms with Crippen molar-refractivity contribution >= 4 is 34.9 Å². The van der Waals surface area contributed by atoms with Gasteiger partial charge in [0.15, 0.2) is 12.4 Å². The number of ketones is 1. The minimum atomic E-state index is -0.971. The highest BCUT2D eigenvalue weighted by atomic mass is 35.5. The van der Waals surface area contributed by atoms with Crippen molar-refractivity contribution < 1.29 is 23.5 Å². The molecule has 0 aliphatic carbocycles. The SMILES string of the molecule is CC(C)CC(=O)Nc1ccc(C(=O)COC(=O)c2cc(Cl)ccc2F)cc1. The quantitative estimate of drug-likeness (QED) is 0.557. The molecule has 2 aromatic rings. The van der Waals surface area contributed by atoms with Gasteiger partial charge in [-0.05, 0) is 48.4 Å². The van der Waals surface area contributed by atoms with Gasteiger partial charge in [-0.3, -0.25) is 9.59 Å². The maximum absolute atomic E-state index is 13.6. The molecule has 7 heteroatoms. The fourth-order valence-electron chi connectivity index (χ4n) is 2.27. The molecule has 142 valence electrons. The first kappa shape index (κ1) is 20.6. The second-order valence-corrected chi connectivity index (χ2v) is 6.78. The van der Waals surface area contributed by atoms with E-state index >= 15 is 0 Å². The first-order chi connectivity index (χ1) is 12.8. The average Bonchev–Trinajstić information content (AvgIpc) is 2.61. The Morgan fingerprint density at radius 2 is 1.78 bits per heavy atom. The average molecular weight is 392 g/mol. The Bertz CT molecular complexity index is 850. The molecule has 27 heavy (non-hydrogen) atoms. The highest BCUT2D eigenvalue weighted by molar-refractivity contribution is 6.30. The molecule has 0 bridgehead atoms. The Morgan fingerprint density at radius 3 is 2.41 bits per heavy atom. The summed E-state index contributed by atoms with van der Waals surface area (Å²) in [6.07, 6.45) is 0.399. The molecule has 0 aliphatic rings. The maximum Gasteiger partial charge on any atom is 0.341 e. The third kappa shape index (κ3) is 6.18. The summed E-state index contributed by atoms with van der Waals surface area (Å²) >= 11 is 5.73. The van der Waals surface area contributed by atoms with Gasteiger partial charge in [-0.2, -0.15) is 0 Å². The number of esters is 1. The number of benzene rings is 2. The Kier molecular flexibility index (Phi) is 7.07. The lowest BCUT2D eigenvalue weighted by molar-refractivity contribution is -0.116. The van der Waals surface area contributed by atoms with E-state index in [0.29, 0.717) is 17.7 Å². The Hall–Kier alpha value is -2.73. The number of hydrogen-bond donors (Lipinski definition) is 1. The molecule has 2 rings (SSSR count). The monoisotopic (exact) mass is 391 g/mol. The van der Waals surface area contributed by atoms with Crippen molar-refractivity contribution in [1.82, 2.24) is 0 Å². The van der Waals surface area contributed by atoms with E-state index in [1.54, 1.807) is 12.1 Å². The predicted molar refractivity (Wildman–Crippen MR) is 101 cm³/mol. The molecule has 0 atom stereocenters. The lowest BCUT2D eigenvalue weighted by atomic mass is 10.1. The summed E-state index contributed by atoms with van der Waals surface area (Å²) in [5.74, 6) is -2.07. The van der Waals surface area contributed by atoms with Crippen LogP contribution >= 0.6 is 11.6 Å². The van der Waals surface area contributed by atoms with Crippen LogP contribution in [0.4, 0.5) is 10.1 Å². The van der Waals surface area contributed by atoms with Crippen LogP contribution in [-0.4, -0.2) is 24.3 Å². The lowest BCUT2D eigenvalue weighted by Crippen LogP contribution is -2.16. The van der Waals surface area contributed by atoms with Crippen molar-refractivity contribution in [2.24, 2.45) is 5.92 Å². The van der Waals surface area contributed by atoms with E-state index < -0.39 is 24.2 Å². The second-order valence-electron chi connectivity index (χ2n) is 6.35. The lowest BCUT2D eigenvalue weighted by Gasteiger charge is -2.08. The molecule has 0 fully saturated rings. The van der Waals surface area contributed by atoms with Crippen molar-refractivity contribution in [1.29, 1.82) is 0 Å². The smallest absolute Gasteiger partial charge is 0.341 e. The van der Waals surface area contributed by atoms with E-state index in [1.165, 1.54) is 18.2 Å². The number of carbonyl (C=O) groups is 3. The minimum Gasteiger partial charge on any atom is -0.454 e. The Morgan fingerprint density at radius 1 is 1.11 bits per heavy atom. The van der Waals surface area contributed by atoms with E-state index in [0.717, 1.165) is 12.1 Å². The summed E-state index contributed by atoms with van der Waals surface area (Å²) in [4.78, 5) is 35.8. The molecule has 0 spiro atoms. The Labute approximate surface area is 161 Å². The maximum atomic E-state index is 13.6. The van der Waals surface area contributed by atoms with Crippen molar-refractivity contribution in [3.8, 4) is 0 Å². The molecule has 1 amide bonds. The van der Waals surface area contributed by atoms with Gasteiger partial charge < -0.3 is 10.1 Å². The number of Topliss-reactive ketones (excluding diaryl/α,β-unsaturated/α-hetero) is 1. The van der Waals surface area contributed by atoms with Gasteiger partial charge in [-0.25, -0.2) is 9.18 Å². The van der Waals surface area contributed by atoms with Gasteiger partial charge in [0.05, 0.1) is 5.56 Å². The van der Waals surface area contributed by atoms with Gasteiger partial charge in [0.25, 0.3) is 0 Å². The summed E-state index contributed by atoms with van der Waals surface area (Å²) in [6, 6.07) is 9.70. The van der Waals surface area contributed by atoms with Gasteiger partial charge in [-0.1, -0.05) is 25.4 Å². The molecular formula is C20H19ClFNO4. The van der Waals surface area contributed by atoms with Crippen molar-refractivity contribution in [2.45, 2.75) is 20.3 Å². The van der Waals surface area contributed by atoms with Crippen LogP contribution in [0.15, 0.2) is 42.5 Å². The van der Waals surface area contributed by atoms with Crippen LogP contribution < -0.4 is 5.32 Å². The number of carbonyl (C=O) groups excluding carboxylic acids is 3. The van der Waals surface area contributed by atoms with Gasteiger partial charge in [0.1, 0.15) is 5.82 Å². The fraction of sp³-hybridized carbons (Fsp3) is 0.250. The number of halogens is 2. The van der Waals surface area contributed by atoms with E-state index in [9.17, 15) is 18.8 Å². The number of anilines is 1. The number of nitrogens with one attached hydrogen (secondary N) is 1. The summed E-state index contributed by atoms with van der Waals surface area (Å²) in [5, 5.41) is 2.92. The summed E-state index contributed by atoms with van der Waals surface area (Å²) in [5.41, 5.74) is 0.532. The summed E-state index contributed by atoms with van der Waals surface area (Å²) < 4.78 is 18.5. The third-order valence-electron chi connectivity index (χ3n) is 3.57. The zero-order chi connectivity index (χ0) is 20.0. The third-order valence-corrected chi connectivity index (χ3v) is 3.80. The van der Waals surface area contributed by atoms with Crippen LogP contribution in [0.3, 0.4) is 0 Å². The molecule has 0 heterocycles. The highest BCUT2D eigenvalue weighted by Crippen LogP contribution is 2.16. The van der Waals surface area contributed by atoms with Crippen LogP contribution in [0.5, 0.6) is 0 Å². The van der Waals surface area contributed by atoms with Crippen molar-refractivity contribution in [2.75, 3.05) is 11.9 Å². The fourth-order valence-corrected chi connectivity index (χ4v) is 2.44. The van der Waals surface area contributed by atoms with Crippen LogP contribution in [0.1, 0.15) is 41.0 Å². The van der Waals surface area contributed by atoms with Crippen LogP contribution in [0, 0.1) is 11.7 Å².